The molecule has 0 rings (SSSR count). The Kier molecular flexibility index (Phi) is 4.49. The van der Waals surface area contributed by atoms with Crippen LogP contribution in [0.25, 0.3) is 0 Å². The Morgan fingerprint density at radius 2 is 1.35 bits per heavy atom. The lowest BCUT2D eigenvalue weighted by Crippen LogP contribution is -2.28. The SMILES string of the molecule is C=C(C=C(C(F)(F)F)C(F)(F)F)O[Si](C)(C)C. The monoisotopic (exact) mass is 278 g/mol. The van der Waals surface area contributed by atoms with Gasteiger partial charge in [-0.1, -0.05) is 6.58 Å². The first-order valence-electron chi connectivity index (χ1n) is 4.47. The van der Waals surface area contributed by atoms with E-state index < -0.39 is 32.0 Å². The maximum Gasteiger partial charge on any atom is 0.421 e. The molecule has 0 aromatic rings. The molecule has 0 radical (unpaired) electrons. The molecule has 0 spiro atoms. The molecule has 100 valence electrons. The van der Waals surface area contributed by atoms with E-state index in [2.05, 4.69) is 6.58 Å². The van der Waals surface area contributed by atoms with E-state index in [0.29, 0.717) is 0 Å². The van der Waals surface area contributed by atoms with Crippen molar-refractivity contribution in [1.82, 2.24) is 0 Å². The van der Waals surface area contributed by atoms with Gasteiger partial charge >= 0.3 is 12.4 Å². The van der Waals surface area contributed by atoms with Crippen molar-refractivity contribution in [2.24, 2.45) is 0 Å². The average Bonchev–Trinajstić information content (AvgIpc) is 1.91. The van der Waals surface area contributed by atoms with Crippen LogP contribution >= 0.6 is 0 Å². The van der Waals surface area contributed by atoms with Crippen molar-refractivity contribution in [3.8, 4) is 0 Å². The van der Waals surface area contributed by atoms with Crippen LogP contribution in [0.15, 0.2) is 24.0 Å². The fraction of sp³-hybridized carbons (Fsp3) is 0.556. The average molecular weight is 278 g/mol. The number of hydrogen-bond donors (Lipinski definition) is 0. The first kappa shape index (κ1) is 16.1. The molecular formula is C9H12F6OSi. The maximum atomic E-state index is 12.1. The molecule has 8 heteroatoms. The molecule has 0 N–H and O–H groups in total. The number of rotatable bonds is 3. The second-order valence-corrected chi connectivity index (χ2v) is 8.66. The highest BCUT2D eigenvalue weighted by molar-refractivity contribution is 6.70. The van der Waals surface area contributed by atoms with Crippen LogP contribution in [-0.4, -0.2) is 20.7 Å². The lowest BCUT2D eigenvalue weighted by Gasteiger charge is -2.21. The van der Waals surface area contributed by atoms with Crippen molar-refractivity contribution < 1.29 is 30.8 Å². The second-order valence-electron chi connectivity index (χ2n) is 4.23. The maximum absolute atomic E-state index is 12.1. The van der Waals surface area contributed by atoms with Gasteiger partial charge in [0.15, 0.2) is 0 Å². The standard InChI is InChI=1S/C9H12F6OSi/c1-6(16-17(2,3)4)5-7(8(10,11)12)9(13,14)15/h5H,1H2,2-4H3. The Balaban J connectivity index is 5.17. The van der Waals surface area contributed by atoms with Gasteiger partial charge in [0.2, 0.25) is 8.32 Å². The summed E-state index contributed by atoms with van der Waals surface area (Å²) in [5.41, 5.74) is -2.62. The van der Waals surface area contributed by atoms with E-state index in [1.165, 1.54) is 0 Å². The predicted molar refractivity (Wildman–Crippen MR) is 53.8 cm³/mol. The molecule has 1 nitrogen and oxygen atoms in total. The van der Waals surface area contributed by atoms with E-state index in [4.69, 9.17) is 4.43 Å². The molecule has 0 atom stereocenters. The molecule has 0 aromatic carbocycles. The van der Waals surface area contributed by atoms with E-state index in [-0.39, 0.29) is 6.08 Å². The molecule has 0 aliphatic carbocycles. The molecule has 0 saturated carbocycles. The van der Waals surface area contributed by atoms with Crippen molar-refractivity contribution in [1.29, 1.82) is 0 Å². The van der Waals surface area contributed by atoms with E-state index in [1.54, 1.807) is 19.6 Å². The van der Waals surface area contributed by atoms with Crippen LogP contribution in [0.4, 0.5) is 26.3 Å². The Hall–Kier alpha value is -0.923. The summed E-state index contributed by atoms with van der Waals surface area (Å²) in [6.45, 7) is 7.90. The lowest BCUT2D eigenvalue weighted by atomic mass is 10.2. The van der Waals surface area contributed by atoms with E-state index in [0.717, 1.165) is 0 Å². The summed E-state index contributed by atoms with van der Waals surface area (Å²) in [7, 11) is -2.28. The topological polar surface area (TPSA) is 9.23 Å². The Labute approximate surface area is 95.9 Å². The van der Waals surface area contributed by atoms with Gasteiger partial charge < -0.3 is 4.43 Å². The summed E-state index contributed by atoms with van der Waals surface area (Å²) in [4.78, 5) is 0. The van der Waals surface area contributed by atoms with Crippen molar-refractivity contribution in [2.45, 2.75) is 32.0 Å². The van der Waals surface area contributed by atoms with Crippen molar-refractivity contribution in [2.75, 3.05) is 0 Å². The molecule has 0 aromatic heterocycles. The zero-order valence-corrected chi connectivity index (χ0v) is 10.5. The summed E-state index contributed by atoms with van der Waals surface area (Å²) >= 11 is 0. The van der Waals surface area contributed by atoms with E-state index >= 15 is 0 Å². The van der Waals surface area contributed by atoms with Crippen molar-refractivity contribution in [3.63, 3.8) is 0 Å². The van der Waals surface area contributed by atoms with Gasteiger partial charge in [-0.2, -0.15) is 26.3 Å². The Bertz CT molecular complexity index is 304. The summed E-state index contributed by atoms with van der Waals surface area (Å²) in [6, 6.07) is 0. The van der Waals surface area contributed by atoms with Crippen LogP contribution in [0.3, 0.4) is 0 Å². The third kappa shape index (κ3) is 6.40. The zero-order chi connectivity index (χ0) is 14.1. The summed E-state index contributed by atoms with van der Waals surface area (Å²) in [5, 5.41) is 0. The van der Waals surface area contributed by atoms with Crippen molar-refractivity contribution >= 4 is 8.32 Å². The molecule has 0 aliphatic rings. The van der Waals surface area contributed by atoms with Crippen LogP contribution in [0.2, 0.25) is 19.6 Å². The molecule has 17 heavy (non-hydrogen) atoms. The largest absolute Gasteiger partial charge is 0.545 e. The molecule has 0 saturated heterocycles. The van der Waals surface area contributed by atoms with Gasteiger partial charge in [-0.3, -0.25) is 0 Å². The normalized spacial score (nSPS) is 13.2. The van der Waals surface area contributed by atoms with Gasteiger partial charge in [0, 0.05) is 0 Å². The molecule has 0 amide bonds. The van der Waals surface area contributed by atoms with Crippen LogP contribution in [0.5, 0.6) is 0 Å². The predicted octanol–water partition coefficient (Wildman–Crippen LogP) is 4.40. The first-order chi connectivity index (χ1) is 7.23. The number of alkyl halides is 6. The van der Waals surface area contributed by atoms with Crippen LogP contribution in [0, 0.1) is 0 Å². The van der Waals surface area contributed by atoms with Crippen LogP contribution in [0.1, 0.15) is 0 Å². The summed E-state index contributed by atoms with van der Waals surface area (Å²) in [5.74, 6) is -0.631. The van der Waals surface area contributed by atoms with Gasteiger partial charge in [-0.25, -0.2) is 0 Å². The zero-order valence-electron chi connectivity index (χ0n) is 9.46. The van der Waals surface area contributed by atoms with Gasteiger partial charge in [0.1, 0.15) is 5.57 Å². The number of hydrogen-bond acceptors (Lipinski definition) is 1. The van der Waals surface area contributed by atoms with Crippen molar-refractivity contribution in [3.05, 3.63) is 24.0 Å². The second kappa shape index (κ2) is 4.75. The lowest BCUT2D eigenvalue weighted by molar-refractivity contribution is -0.172. The third-order valence-corrected chi connectivity index (χ3v) is 2.23. The summed E-state index contributed by atoms with van der Waals surface area (Å²) in [6.07, 6.45) is -11.1. The van der Waals surface area contributed by atoms with Gasteiger partial charge in [0.05, 0.1) is 5.76 Å². The molecule has 0 bridgehead atoms. The smallest absolute Gasteiger partial charge is 0.421 e. The fourth-order valence-corrected chi connectivity index (χ4v) is 1.75. The fourth-order valence-electron chi connectivity index (χ4n) is 0.908. The highest BCUT2D eigenvalue weighted by atomic mass is 28.4. The quantitative estimate of drug-likeness (QED) is 0.322. The third-order valence-electron chi connectivity index (χ3n) is 1.35. The number of halogens is 6. The highest BCUT2D eigenvalue weighted by Crippen LogP contribution is 2.39. The summed E-state index contributed by atoms with van der Waals surface area (Å²) < 4.78 is 77.7. The van der Waals surface area contributed by atoms with Gasteiger partial charge in [-0.05, 0) is 25.7 Å². The first-order valence-corrected chi connectivity index (χ1v) is 7.88. The van der Waals surface area contributed by atoms with E-state index in [1.807, 2.05) is 0 Å². The minimum atomic E-state index is -5.48. The minimum Gasteiger partial charge on any atom is -0.545 e. The molecular weight excluding hydrogens is 266 g/mol. The number of allylic oxidation sites excluding steroid dienone is 2. The van der Waals surface area contributed by atoms with E-state index in [9.17, 15) is 26.3 Å². The molecule has 0 fully saturated rings. The van der Waals surface area contributed by atoms with Gasteiger partial charge in [0.25, 0.3) is 0 Å². The van der Waals surface area contributed by atoms with Crippen LogP contribution < -0.4 is 0 Å². The Morgan fingerprint density at radius 1 is 1.00 bits per heavy atom. The minimum absolute atomic E-state index is 0.113. The molecule has 0 heterocycles. The van der Waals surface area contributed by atoms with Gasteiger partial charge in [-0.15, -0.1) is 0 Å². The highest BCUT2D eigenvalue weighted by Gasteiger charge is 2.51. The molecule has 0 aliphatic heterocycles. The van der Waals surface area contributed by atoms with Crippen LogP contribution in [-0.2, 0) is 4.43 Å². The molecule has 0 unspecified atom stereocenters. The Morgan fingerprint density at radius 3 is 1.59 bits per heavy atom.